The predicted molar refractivity (Wildman–Crippen MR) is 137 cm³/mol. The molecule has 0 aliphatic carbocycles. The van der Waals surface area contributed by atoms with Crippen LogP contribution in [0, 0.1) is 11.7 Å². The predicted octanol–water partition coefficient (Wildman–Crippen LogP) is 5.15. The van der Waals surface area contributed by atoms with Crippen LogP contribution in [-0.4, -0.2) is 34.7 Å². The van der Waals surface area contributed by atoms with Crippen molar-refractivity contribution in [2.75, 3.05) is 18.5 Å². The topological polar surface area (TPSA) is 82.4 Å². The monoisotopic (exact) mass is 513 g/mol. The first-order chi connectivity index (χ1) is 17.3. The lowest BCUT2D eigenvalue weighted by Crippen LogP contribution is -2.28. The van der Waals surface area contributed by atoms with Crippen molar-refractivity contribution < 1.29 is 18.7 Å². The molecule has 1 aromatic heterocycles. The molecule has 1 N–H and O–H groups in total. The molecular weight excluding hydrogens is 485 g/mol. The highest BCUT2D eigenvalue weighted by Gasteiger charge is 2.23. The second-order valence-corrected chi connectivity index (χ2v) is 9.55. The number of nitrogens with zero attached hydrogens (tertiary/aromatic N) is 2. The zero-order chi connectivity index (χ0) is 25.7. The van der Waals surface area contributed by atoms with Gasteiger partial charge in [0.15, 0.2) is 11.6 Å². The van der Waals surface area contributed by atoms with Crippen molar-refractivity contribution in [3.63, 3.8) is 0 Å². The van der Waals surface area contributed by atoms with Gasteiger partial charge in [-0.1, -0.05) is 23.7 Å². The van der Waals surface area contributed by atoms with E-state index in [0.29, 0.717) is 48.9 Å². The molecule has 190 valence electrons. The number of ketones is 1. The zero-order valence-electron chi connectivity index (χ0n) is 20.3. The molecule has 0 unspecified atom stereocenters. The Hall–Kier alpha value is -3.23. The molecule has 0 radical (unpaired) electrons. The van der Waals surface area contributed by atoms with Crippen LogP contribution in [0.2, 0.25) is 5.02 Å². The van der Waals surface area contributed by atoms with Crippen LogP contribution in [0.25, 0.3) is 0 Å². The number of anilines is 2. The van der Waals surface area contributed by atoms with Crippen LogP contribution in [0.15, 0.2) is 53.5 Å². The maximum absolute atomic E-state index is 14.5. The molecule has 0 spiro atoms. The normalized spacial score (nSPS) is 14.1. The third kappa shape index (κ3) is 6.71. The Kier molecular flexibility index (Phi) is 8.38. The molecule has 3 aromatic rings. The first-order valence-electron chi connectivity index (χ1n) is 12.0. The summed E-state index contributed by atoms with van der Waals surface area (Å²) in [5.74, 6) is -0.258. The number of aromatic nitrogens is 2. The van der Waals surface area contributed by atoms with E-state index in [2.05, 4.69) is 10.3 Å². The minimum Gasteiger partial charge on any atom is -0.488 e. The largest absolute Gasteiger partial charge is 0.488 e. The summed E-state index contributed by atoms with van der Waals surface area (Å²) >= 11 is 6.02. The fourth-order valence-electron chi connectivity index (χ4n) is 4.07. The van der Waals surface area contributed by atoms with E-state index in [4.69, 9.17) is 21.1 Å². The van der Waals surface area contributed by atoms with Gasteiger partial charge in [-0.3, -0.25) is 9.59 Å². The van der Waals surface area contributed by atoms with Crippen LogP contribution in [0.3, 0.4) is 0 Å². The molecule has 36 heavy (non-hydrogen) atoms. The lowest BCUT2D eigenvalue weighted by Gasteiger charge is -2.21. The van der Waals surface area contributed by atoms with Gasteiger partial charge in [0, 0.05) is 54.1 Å². The van der Waals surface area contributed by atoms with Crippen molar-refractivity contribution in [1.29, 1.82) is 0 Å². The molecule has 1 aliphatic rings. The summed E-state index contributed by atoms with van der Waals surface area (Å²) in [6.45, 7) is 5.10. The van der Waals surface area contributed by atoms with Gasteiger partial charge in [0.25, 0.3) is 5.56 Å². The van der Waals surface area contributed by atoms with E-state index in [0.717, 1.165) is 5.56 Å². The fourth-order valence-corrected chi connectivity index (χ4v) is 4.20. The SMILES string of the molecule is CC(C)Oc1ccc(Nc2nc(=O)c(CC(=O)C3CCOCC3)cn2Cc2ccc(Cl)cc2)cc1F. The Labute approximate surface area is 214 Å². The van der Waals surface area contributed by atoms with E-state index < -0.39 is 11.4 Å². The Morgan fingerprint density at radius 3 is 2.61 bits per heavy atom. The van der Waals surface area contributed by atoms with E-state index in [1.54, 1.807) is 29.0 Å². The molecule has 2 aromatic carbocycles. The molecule has 0 bridgehead atoms. The number of rotatable bonds is 9. The van der Waals surface area contributed by atoms with Crippen molar-refractivity contribution in [1.82, 2.24) is 9.55 Å². The van der Waals surface area contributed by atoms with Crippen molar-refractivity contribution >= 4 is 29.0 Å². The van der Waals surface area contributed by atoms with Gasteiger partial charge in [0.2, 0.25) is 5.95 Å². The number of hydrogen-bond acceptors (Lipinski definition) is 6. The fraction of sp³-hybridized carbons (Fsp3) is 0.370. The van der Waals surface area contributed by atoms with Gasteiger partial charge in [-0.25, -0.2) is 4.39 Å². The van der Waals surface area contributed by atoms with Gasteiger partial charge in [0.1, 0.15) is 5.78 Å². The average molecular weight is 514 g/mol. The molecule has 9 heteroatoms. The molecule has 0 amide bonds. The number of Topliss-reactive ketones (excluding diaryl/α,β-unsaturated/α-hetero) is 1. The zero-order valence-corrected chi connectivity index (χ0v) is 21.1. The van der Waals surface area contributed by atoms with Crippen LogP contribution >= 0.6 is 11.6 Å². The van der Waals surface area contributed by atoms with Gasteiger partial charge < -0.3 is 19.4 Å². The smallest absolute Gasteiger partial charge is 0.278 e. The summed E-state index contributed by atoms with van der Waals surface area (Å²) in [7, 11) is 0. The van der Waals surface area contributed by atoms with Gasteiger partial charge in [-0.2, -0.15) is 4.98 Å². The number of carbonyl (C=O) groups is 1. The molecule has 4 rings (SSSR count). The Balaban J connectivity index is 1.63. The van der Waals surface area contributed by atoms with Crippen LogP contribution in [-0.2, 0) is 22.5 Å². The van der Waals surface area contributed by atoms with E-state index in [9.17, 15) is 14.0 Å². The quantitative estimate of drug-likeness (QED) is 0.426. The van der Waals surface area contributed by atoms with Crippen molar-refractivity contribution in [3.8, 4) is 5.75 Å². The van der Waals surface area contributed by atoms with E-state index in [1.165, 1.54) is 12.1 Å². The highest BCUT2D eigenvalue weighted by atomic mass is 35.5. The third-order valence-corrected chi connectivity index (χ3v) is 6.18. The summed E-state index contributed by atoms with van der Waals surface area (Å²) in [6.07, 6.45) is 2.81. The van der Waals surface area contributed by atoms with Gasteiger partial charge >= 0.3 is 0 Å². The lowest BCUT2D eigenvalue weighted by molar-refractivity contribution is -0.125. The standard InChI is InChI=1S/C27H29ClFN3O4/c1-17(2)36-25-8-7-22(14-23(25)29)30-27-31-26(34)20(13-24(33)19-9-11-35-12-10-19)16-32(27)15-18-3-5-21(28)6-4-18/h3-8,14,16-17,19H,9-13,15H2,1-2H3,(H,30,31,34). The van der Waals surface area contributed by atoms with Crippen molar-refractivity contribution in [2.45, 2.75) is 45.8 Å². The summed E-state index contributed by atoms with van der Waals surface area (Å²) in [4.78, 5) is 29.9. The number of halogens is 2. The highest BCUT2D eigenvalue weighted by molar-refractivity contribution is 6.30. The minimum absolute atomic E-state index is 0.00721. The Morgan fingerprint density at radius 2 is 1.94 bits per heavy atom. The molecule has 1 aliphatic heterocycles. The van der Waals surface area contributed by atoms with Gasteiger partial charge in [-0.05, 0) is 56.5 Å². The Bertz CT molecular complexity index is 1270. The minimum atomic E-state index is -0.529. The van der Waals surface area contributed by atoms with Crippen LogP contribution < -0.4 is 15.6 Å². The number of ether oxygens (including phenoxy) is 2. The average Bonchev–Trinajstić information content (AvgIpc) is 2.85. The van der Waals surface area contributed by atoms with Crippen molar-refractivity contribution in [3.05, 3.63) is 81.0 Å². The summed E-state index contributed by atoms with van der Waals surface area (Å²) in [6, 6.07) is 11.8. The molecule has 7 nitrogen and oxygen atoms in total. The molecule has 2 heterocycles. The van der Waals surface area contributed by atoms with E-state index in [1.807, 2.05) is 26.0 Å². The maximum Gasteiger partial charge on any atom is 0.278 e. The van der Waals surface area contributed by atoms with Crippen LogP contribution in [0.5, 0.6) is 5.75 Å². The van der Waals surface area contributed by atoms with Crippen LogP contribution in [0.4, 0.5) is 16.0 Å². The third-order valence-electron chi connectivity index (χ3n) is 5.92. The molecule has 0 saturated carbocycles. The highest BCUT2D eigenvalue weighted by Crippen LogP contribution is 2.25. The summed E-state index contributed by atoms with van der Waals surface area (Å²) in [5, 5.41) is 3.65. The van der Waals surface area contributed by atoms with Gasteiger partial charge in [0.05, 0.1) is 12.6 Å². The number of carbonyl (C=O) groups excluding carboxylic acids is 1. The molecule has 1 saturated heterocycles. The van der Waals surface area contributed by atoms with Crippen molar-refractivity contribution in [2.24, 2.45) is 5.92 Å². The second kappa shape index (κ2) is 11.7. The maximum atomic E-state index is 14.5. The second-order valence-electron chi connectivity index (χ2n) is 9.12. The summed E-state index contributed by atoms with van der Waals surface area (Å²) < 4.78 is 27.1. The molecule has 0 atom stereocenters. The van der Waals surface area contributed by atoms with Crippen LogP contribution in [0.1, 0.15) is 37.8 Å². The number of hydrogen-bond donors (Lipinski definition) is 1. The first kappa shape index (κ1) is 25.9. The Morgan fingerprint density at radius 1 is 1.22 bits per heavy atom. The molecule has 1 fully saturated rings. The number of nitrogens with one attached hydrogen (secondary N) is 1. The molecular formula is C27H29ClFN3O4. The van der Waals surface area contributed by atoms with Gasteiger partial charge in [-0.15, -0.1) is 0 Å². The van der Waals surface area contributed by atoms with E-state index >= 15 is 0 Å². The van der Waals surface area contributed by atoms with E-state index in [-0.39, 0.29) is 35.9 Å². The lowest BCUT2D eigenvalue weighted by atomic mass is 9.92. The summed E-state index contributed by atoms with van der Waals surface area (Å²) in [5.41, 5.74) is 1.15. The first-order valence-corrected chi connectivity index (χ1v) is 12.3. The number of benzene rings is 2.